The molecule has 1 amide bonds. The van der Waals surface area contributed by atoms with Crippen molar-refractivity contribution in [1.29, 1.82) is 0 Å². The van der Waals surface area contributed by atoms with Crippen LogP contribution in [0.15, 0.2) is 16.3 Å². The van der Waals surface area contributed by atoms with Gasteiger partial charge in [0.05, 0.1) is 11.4 Å². The molecule has 0 bridgehead atoms. The van der Waals surface area contributed by atoms with Crippen LogP contribution in [-0.2, 0) is 14.8 Å². The number of carbonyl (C=O) groups excluding carboxylic acids is 1. The summed E-state index contributed by atoms with van der Waals surface area (Å²) in [4.78, 5) is 13.9. The fourth-order valence-electron chi connectivity index (χ4n) is 1.54. The van der Waals surface area contributed by atoms with Gasteiger partial charge in [0.2, 0.25) is 5.91 Å². The number of rotatable bonds is 7. The molecule has 6 nitrogen and oxygen atoms in total. The Bertz CT molecular complexity index is 623. The first-order valence-electron chi connectivity index (χ1n) is 6.30. The monoisotopic (exact) mass is 349 g/mol. The molecule has 0 atom stereocenters. The zero-order valence-corrected chi connectivity index (χ0v) is 14.6. The van der Waals surface area contributed by atoms with Crippen molar-refractivity contribution in [2.45, 2.75) is 17.6 Å². The molecule has 0 radical (unpaired) electrons. The SMILES string of the molecule is CCCN(CC(=O)N(C)C)S(=O)(=O)c1ccc(C(N)=S)s1. The van der Waals surface area contributed by atoms with Crippen molar-refractivity contribution in [2.24, 2.45) is 5.73 Å². The molecule has 0 aliphatic heterocycles. The number of thiophene rings is 1. The lowest BCUT2D eigenvalue weighted by Crippen LogP contribution is -2.40. The highest BCUT2D eigenvalue weighted by molar-refractivity contribution is 7.91. The number of hydrogen-bond donors (Lipinski definition) is 1. The molecule has 118 valence electrons. The largest absolute Gasteiger partial charge is 0.389 e. The van der Waals surface area contributed by atoms with Gasteiger partial charge in [-0.05, 0) is 18.6 Å². The van der Waals surface area contributed by atoms with Gasteiger partial charge in [0.25, 0.3) is 10.0 Å². The van der Waals surface area contributed by atoms with E-state index >= 15 is 0 Å². The topological polar surface area (TPSA) is 83.7 Å². The standard InChI is InChI=1S/C12H19N3O3S3/c1-4-7-15(8-10(16)14(2)3)21(17,18)11-6-5-9(20-11)12(13)19/h5-6H,4,7-8H2,1-3H3,(H2,13,19). The minimum absolute atomic E-state index is 0.144. The molecule has 9 heteroatoms. The number of nitrogens with two attached hydrogens (primary N) is 1. The van der Waals surface area contributed by atoms with Crippen LogP contribution in [0.1, 0.15) is 18.2 Å². The lowest BCUT2D eigenvalue weighted by atomic mass is 10.4. The van der Waals surface area contributed by atoms with Crippen molar-refractivity contribution < 1.29 is 13.2 Å². The molecule has 21 heavy (non-hydrogen) atoms. The van der Waals surface area contributed by atoms with Crippen molar-refractivity contribution in [3.05, 3.63) is 17.0 Å². The predicted octanol–water partition coefficient (Wildman–Crippen LogP) is 0.871. The van der Waals surface area contributed by atoms with Crippen LogP contribution in [-0.4, -0.2) is 55.7 Å². The van der Waals surface area contributed by atoms with E-state index in [1.165, 1.54) is 15.3 Å². The highest BCUT2D eigenvalue weighted by Gasteiger charge is 2.28. The van der Waals surface area contributed by atoms with E-state index in [9.17, 15) is 13.2 Å². The third-order valence-corrected chi connectivity index (χ3v) is 6.48. The third kappa shape index (κ3) is 4.47. The van der Waals surface area contributed by atoms with Crippen LogP contribution >= 0.6 is 23.6 Å². The second kappa shape index (κ2) is 7.30. The van der Waals surface area contributed by atoms with Gasteiger partial charge in [0.1, 0.15) is 9.20 Å². The minimum Gasteiger partial charge on any atom is -0.389 e. The van der Waals surface area contributed by atoms with Crippen LogP contribution in [0.2, 0.25) is 0 Å². The number of amides is 1. The summed E-state index contributed by atoms with van der Waals surface area (Å²) in [6, 6.07) is 3.05. The van der Waals surface area contributed by atoms with E-state index in [4.69, 9.17) is 18.0 Å². The molecule has 0 unspecified atom stereocenters. The van der Waals surface area contributed by atoms with E-state index in [2.05, 4.69) is 0 Å². The van der Waals surface area contributed by atoms with Crippen LogP contribution < -0.4 is 5.73 Å². The van der Waals surface area contributed by atoms with Gasteiger partial charge in [-0.2, -0.15) is 4.31 Å². The molecule has 0 spiro atoms. The summed E-state index contributed by atoms with van der Waals surface area (Å²) in [5.41, 5.74) is 5.50. The Kier molecular flexibility index (Phi) is 6.26. The van der Waals surface area contributed by atoms with Crippen LogP contribution in [0.3, 0.4) is 0 Å². The average Bonchev–Trinajstić information content (AvgIpc) is 2.88. The average molecular weight is 350 g/mol. The molecule has 1 aromatic rings. The van der Waals surface area contributed by atoms with Gasteiger partial charge >= 0.3 is 0 Å². The highest BCUT2D eigenvalue weighted by atomic mass is 32.2. The van der Waals surface area contributed by atoms with Gasteiger partial charge < -0.3 is 10.6 Å². The number of nitrogens with zero attached hydrogens (tertiary/aromatic N) is 2. The summed E-state index contributed by atoms with van der Waals surface area (Å²) in [7, 11) is -0.530. The van der Waals surface area contributed by atoms with Crippen LogP contribution in [0.5, 0.6) is 0 Å². The number of thiocarbonyl (C=S) groups is 1. The molecule has 1 rings (SSSR count). The van der Waals surface area contributed by atoms with E-state index in [0.29, 0.717) is 11.3 Å². The first-order valence-corrected chi connectivity index (χ1v) is 8.96. The van der Waals surface area contributed by atoms with Gasteiger partial charge in [-0.1, -0.05) is 19.1 Å². The van der Waals surface area contributed by atoms with Gasteiger partial charge in [-0.15, -0.1) is 11.3 Å². The molecule has 0 fully saturated rings. The Balaban J connectivity index is 3.08. The molecule has 0 aliphatic carbocycles. The van der Waals surface area contributed by atoms with Crippen LogP contribution in [0.4, 0.5) is 0 Å². The van der Waals surface area contributed by atoms with E-state index in [1.807, 2.05) is 6.92 Å². The highest BCUT2D eigenvalue weighted by Crippen LogP contribution is 2.25. The van der Waals surface area contributed by atoms with Crippen molar-refractivity contribution in [1.82, 2.24) is 9.21 Å². The zero-order chi connectivity index (χ0) is 16.2. The molecular weight excluding hydrogens is 330 g/mol. The molecule has 1 aromatic heterocycles. The van der Waals surface area contributed by atoms with E-state index < -0.39 is 10.0 Å². The zero-order valence-electron chi connectivity index (χ0n) is 12.2. The summed E-state index contributed by atoms with van der Waals surface area (Å²) in [5.74, 6) is -0.266. The predicted molar refractivity (Wildman–Crippen MR) is 88.0 cm³/mol. The maximum Gasteiger partial charge on any atom is 0.253 e. The second-order valence-electron chi connectivity index (χ2n) is 4.61. The first kappa shape index (κ1) is 18.0. The summed E-state index contributed by atoms with van der Waals surface area (Å²) >= 11 is 5.86. The van der Waals surface area contributed by atoms with Crippen molar-refractivity contribution in [2.75, 3.05) is 27.2 Å². The molecule has 0 saturated heterocycles. The summed E-state index contributed by atoms with van der Waals surface area (Å²) in [5, 5.41) is 0. The van der Waals surface area contributed by atoms with Gasteiger partial charge in [0, 0.05) is 20.6 Å². The Morgan fingerprint density at radius 2 is 2.00 bits per heavy atom. The normalized spacial score (nSPS) is 11.6. The Hall–Kier alpha value is -1.03. The third-order valence-electron chi connectivity index (χ3n) is 2.70. The fraction of sp³-hybridized carbons (Fsp3) is 0.500. The van der Waals surface area contributed by atoms with Gasteiger partial charge in [-0.25, -0.2) is 8.42 Å². The molecule has 0 aromatic carbocycles. The first-order chi connectivity index (χ1) is 9.70. The van der Waals surface area contributed by atoms with E-state index in [1.54, 1.807) is 20.2 Å². The Morgan fingerprint density at radius 1 is 1.38 bits per heavy atom. The van der Waals surface area contributed by atoms with E-state index in [-0.39, 0.29) is 28.2 Å². The molecule has 2 N–H and O–H groups in total. The molecule has 0 saturated carbocycles. The Labute approximate surface area is 134 Å². The number of carbonyl (C=O) groups is 1. The minimum atomic E-state index is -3.72. The van der Waals surface area contributed by atoms with Crippen LogP contribution in [0, 0.1) is 0 Å². The maximum absolute atomic E-state index is 12.6. The summed E-state index contributed by atoms with van der Waals surface area (Å²) in [6.07, 6.45) is 0.619. The van der Waals surface area contributed by atoms with Crippen molar-refractivity contribution >= 4 is 44.5 Å². The summed E-state index contributed by atoms with van der Waals surface area (Å²) in [6.45, 7) is 1.96. The van der Waals surface area contributed by atoms with Crippen molar-refractivity contribution in [3.63, 3.8) is 0 Å². The lowest BCUT2D eigenvalue weighted by Gasteiger charge is -2.22. The fourth-order valence-corrected chi connectivity index (χ4v) is 4.53. The van der Waals surface area contributed by atoms with Crippen LogP contribution in [0.25, 0.3) is 0 Å². The molecule has 0 aliphatic rings. The smallest absolute Gasteiger partial charge is 0.253 e. The van der Waals surface area contributed by atoms with Crippen molar-refractivity contribution in [3.8, 4) is 0 Å². The number of hydrogen-bond acceptors (Lipinski definition) is 5. The Morgan fingerprint density at radius 3 is 2.43 bits per heavy atom. The second-order valence-corrected chi connectivity index (χ2v) is 8.30. The summed E-state index contributed by atoms with van der Waals surface area (Å²) < 4.78 is 26.5. The quantitative estimate of drug-likeness (QED) is 0.739. The number of sulfonamides is 1. The van der Waals surface area contributed by atoms with Gasteiger partial charge in [0.15, 0.2) is 0 Å². The lowest BCUT2D eigenvalue weighted by molar-refractivity contribution is -0.128. The van der Waals surface area contributed by atoms with E-state index in [0.717, 1.165) is 11.3 Å². The maximum atomic E-state index is 12.6. The molecular formula is C12H19N3O3S3. The van der Waals surface area contributed by atoms with Gasteiger partial charge in [-0.3, -0.25) is 4.79 Å². The number of likely N-dealkylation sites (N-methyl/N-ethyl adjacent to an activating group) is 1. The molecule has 1 heterocycles.